The number of pyridine rings is 1. The normalized spacial score (nSPS) is 21.4. The number of fused-ring (bicyclic) bond motifs is 1. The number of halogens is 1. The van der Waals surface area contributed by atoms with E-state index in [4.69, 9.17) is 0 Å². The first-order valence-corrected chi connectivity index (χ1v) is 10.4. The predicted molar refractivity (Wildman–Crippen MR) is 111 cm³/mol. The van der Waals surface area contributed by atoms with Crippen molar-refractivity contribution in [1.82, 2.24) is 24.9 Å². The lowest BCUT2D eigenvalue weighted by atomic mass is 10.0. The van der Waals surface area contributed by atoms with Crippen LogP contribution in [-0.2, 0) is 0 Å². The van der Waals surface area contributed by atoms with E-state index in [-0.39, 0.29) is 11.5 Å². The Morgan fingerprint density at radius 2 is 1.74 bits per heavy atom. The van der Waals surface area contributed by atoms with Gasteiger partial charge in [0.2, 0.25) is 0 Å². The molecule has 1 aromatic carbocycles. The number of carbonyl (C=O) groups is 1. The Hall–Kier alpha value is -3.33. The highest BCUT2D eigenvalue weighted by molar-refractivity contribution is 5.98. The van der Waals surface area contributed by atoms with E-state index in [1.54, 1.807) is 24.0 Å². The van der Waals surface area contributed by atoms with Gasteiger partial charge in [-0.15, -0.1) is 0 Å². The smallest absolute Gasteiger partial charge is 0.259 e. The number of likely N-dealkylation sites (tertiary alicyclic amines) is 1. The molecule has 2 aromatic heterocycles. The molecule has 3 aromatic rings. The molecule has 1 unspecified atom stereocenters. The summed E-state index contributed by atoms with van der Waals surface area (Å²) < 4.78 is 14.7. The lowest BCUT2D eigenvalue weighted by Gasteiger charge is -2.23. The largest absolute Gasteiger partial charge is 0.387 e. The highest BCUT2D eigenvalue weighted by atomic mass is 19.1. The number of aliphatic hydroxyl groups is 1. The molecular formula is C22H23FN6O2. The molecule has 8 nitrogen and oxygen atoms in total. The van der Waals surface area contributed by atoms with Crippen LogP contribution in [0.3, 0.4) is 0 Å². The summed E-state index contributed by atoms with van der Waals surface area (Å²) in [6.07, 6.45) is 2.37. The molecule has 160 valence electrons. The van der Waals surface area contributed by atoms with Crippen molar-refractivity contribution >= 4 is 11.7 Å². The van der Waals surface area contributed by atoms with Crippen molar-refractivity contribution in [1.29, 1.82) is 0 Å². The monoisotopic (exact) mass is 422 g/mol. The lowest BCUT2D eigenvalue weighted by molar-refractivity contribution is 0.0777. The molecule has 1 amide bonds. The van der Waals surface area contributed by atoms with E-state index >= 15 is 0 Å². The van der Waals surface area contributed by atoms with Crippen molar-refractivity contribution in [2.75, 3.05) is 31.1 Å². The fourth-order valence-electron chi connectivity index (χ4n) is 4.58. The fourth-order valence-corrected chi connectivity index (χ4v) is 4.58. The van der Waals surface area contributed by atoms with Crippen LogP contribution in [0.4, 0.5) is 10.2 Å². The van der Waals surface area contributed by atoms with Crippen LogP contribution in [0.15, 0.2) is 48.8 Å². The van der Waals surface area contributed by atoms with E-state index < -0.39 is 11.9 Å². The van der Waals surface area contributed by atoms with Gasteiger partial charge < -0.3 is 14.9 Å². The number of rotatable bonds is 4. The number of anilines is 1. The van der Waals surface area contributed by atoms with Gasteiger partial charge in [0.05, 0.1) is 24.2 Å². The van der Waals surface area contributed by atoms with Crippen LogP contribution in [-0.4, -0.2) is 62.1 Å². The zero-order chi connectivity index (χ0) is 21.5. The van der Waals surface area contributed by atoms with E-state index in [9.17, 15) is 14.3 Å². The highest BCUT2D eigenvalue weighted by Crippen LogP contribution is 2.35. The van der Waals surface area contributed by atoms with Crippen molar-refractivity contribution in [2.45, 2.75) is 13.0 Å². The molecule has 4 heterocycles. The van der Waals surface area contributed by atoms with E-state index in [0.29, 0.717) is 36.3 Å². The van der Waals surface area contributed by atoms with Gasteiger partial charge in [0.1, 0.15) is 22.9 Å². The quantitative estimate of drug-likeness (QED) is 0.693. The maximum Gasteiger partial charge on any atom is 0.259 e. The number of nitrogens with zero attached hydrogens (tertiary/aromatic N) is 6. The summed E-state index contributed by atoms with van der Waals surface area (Å²) >= 11 is 0. The van der Waals surface area contributed by atoms with Gasteiger partial charge in [-0.3, -0.25) is 4.79 Å². The van der Waals surface area contributed by atoms with Crippen molar-refractivity contribution < 1.29 is 14.3 Å². The Labute approximate surface area is 178 Å². The third-order valence-corrected chi connectivity index (χ3v) is 6.12. The summed E-state index contributed by atoms with van der Waals surface area (Å²) in [5, 5.41) is 17.9. The van der Waals surface area contributed by atoms with Gasteiger partial charge >= 0.3 is 0 Å². The van der Waals surface area contributed by atoms with E-state index in [1.807, 2.05) is 18.2 Å². The summed E-state index contributed by atoms with van der Waals surface area (Å²) in [7, 11) is 0. The standard InChI is InChI=1S/C22H23FN6O2/c1-14(30)18-5-3-7-20(26-18)27-10-15-12-28(13-16(15)11-27)22(31)21-17(23)4-2-6-19(21)29-24-8-9-25-29/h2-9,14-16,30H,10-13H2,1H3/t14?,15-,16+. The number of amides is 1. The van der Waals surface area contributed by atoms with Gasteiger partial charge in [0.15, 0.2) is 0 Å². The molecule has 2 fully saturated rings. The first-order chi connectivity index (χ1) is 15.0. The summed E-state index contributed by atoms with van der Waals surface area (Å²) in [5.74, 6) is 0.517. The zero-order valence-electron chi connectivity index (χ0n) is 17.1. The average Bonchev–Trinajstić information content (AvgIpc) is 3.49. The Balaban J connectivity index is 1.33. The Morgan fingerprint density at radius 1 is 1.06 bits per heavy atom. The van der Waals surface area contributed by atoms with Crippen LogP contribution in [0.25, 0.3) is 5.69 Å². The highest BCUT2D eigenvalue weighted by Gasteiger charge is 2.43. The van der Waals surface area contributed by atoms with Crippen LogP contribution in [0.5, 0.6) is 0 Å². The third-order valence-electron chi connectivity index (χ3n) is 6.12. The molecule has 0 radical (unpaired) electrons. The topological polar surface area (TPSA) is 87.4 Å². The Kier molecular flexibility index (Phi) is 4.90. The molecule has 2 aliphatic rings. The predicted octanol–water partition coefficient (Wildman–Crippen LogP) is 2.06. The summed E-state index contributed by atoms with van der Waals surface area (Å²) in [5.41, 5.74) is 0.986. The Morgan fingerprint density at radius 3 is 2.42 bits per heavy atom. The van der Waals surface area contributed by atoms with Crippen molar-refractivity contribution in [3.63, 3.8) is 0 Å². The molecular weight excluding hydrogens is 399 g/mol. The van der Waals surface area contributed by atoms with Gasteiger partial charge in [-0.1, -0.05) is 12.1 Å². The van der Waals surface area contributed by atoms with Crippen LogP contribution in [0.2, 0.25) is 0 Å². The molecule has 0 saturated carbocycles. The number of hydrogen-bond donors (Lipinski definition) is 1. The molecule has 0 bridgehead atoms. The maximum absolute atomic E-state index is 14.7. The van der Waals surface area contributed by atoms with Crippen LogP contribution in [0, 0.1) is 17.7 Å². The number of aromatic nitrogens is 4. The number of carbonyl (C=O) groups excluding carboxylic acids is 1. The summed E-state index contributed by atoms with van der Waals surface area (Å²) in [6.45, 7) is 4.38. The van der Waals surface area contributed by atoms with Gasteiger partial charge in [-0.25, -0.2) is 9.37 Å². The minimum absolute atomic E-state index is 0.00170. The van der Waals surface area contributed by atoms with Crippen molar-refractivity contribution in [3.8, 4) is 5.69 Å². The molecule has 3 atom stereocenters. The molecule has 5 rings (SSSR count). The van der Waals surface area contributed by atoms with E-state index in [0.717, 1.165) is 18.9 Å². The zero-order valence-corrected chi connectivity index (χ0v) is 17.1. The molecule has 31 heavy (non-hydrogen) atoms. The van der Waals surface area contributed by atoms with Crippen LogP contribution in [0.1, 0.15) is 29.1 Å². The molecule has 2 saturated heterocycles. The van der Waals surface area contributed by atoms with Gasteiger partial charge in [0.25, 0.3) is 5.91 Å². The minimum atomic E-state index is -0.616. The average molecular weight is 422 g/mol. The number of aliphatic hydroxyl groups excluding tert-OH is 1. The first-order valence-electron chi connectivity index (χ1n) is 10.4. The SMILES string of the molecule is CC(O)c1cccc(N2C[C@H]3CN(C(=O)c4c(F)cccc4-n4nccn4)C[C@H]3C2)n1. The molecule has 2 aliphatic heterocycles. The number of hydrogen-bond acceptors (Lipinski definition) is 6. The second-order valence-electron chi connectivity index (χ2n) is 8.18. The molecule has 0 spiro atoms. The van der Waals surface area contributed by atoms with Gasteiger partial charge in [-0.2, -0.15) is 15.0 Å². The second-order valence-corrected chi connectivity index (χ2v) is 8.18. The van der Waals surface area contributed by atoms with E-state index in [2.05, 4.69) is 20.1 Å². The second kappa shape index (κ2) is 7.73. The molecule has 1 N–H and O–H groups in total. The molecule has 0 aliphatic carbocycles. The van der Waals surface area contributed by atoms with Gasteiger partial charge in [0, 0.05) is 38.0 Å². The fraction of sp³-hybridized carbons (Fsp3) is 0.364. The summed E-state index contributed by atoms with van der Waals surface area (Å²) in [6, 6.07) is 10.1. The first kappa shape index (κ1) is 19.6. The number of benzene rings is 1. The van der Waals surface area contributed by atoms with Crippen LogP contribution < -0.4 is 4.90 Å². The maximum atomic E-state index is 14.7. The lowest BCUT2D eigenvalue weighted by Crippen LogP contribution is -2.34. The van der Waals surface area contributed by atoms with Crippen LogP contribution >= 0.6 is 0 Å². The van der Waals surface area contributed by atoms with E-state index in [1.165, 1.54) is 23.3 Å². The Bertz CT molecular complexity index is 1090. The van der Waals surface area contributed by atoms with Gasteiger partial charge in [-0.05, 0) is 31.2 Å². The third kappa shape index (κ3) is 3.54. The minimum Gasteiger partial charge on any atom is -0.387 e. The van der Waals surface area contributed by atoms with Crippen molar-refractivity contribution in [2.24, 2.45) is 11.8 Å². The molecule has 9 heteroatoms. The summed E-state index contributed by atoms with van der Waals surface area (Å²) in [4.78, 5) is 23.0. The van der Waals surface area contributed by atoms with Crippen molar-refractivity contribution in [3.05, 3.63) is 65.9 Å².